The predicted octanol–water partition coefficient (Wildman–Crippen LogP) is 5.64. The zero-order chi connectivity index (χ0) is 20.7. The van der Waals surface area contributed by atoms with Crippen molar-refractivity contribution in [1.29, 1.82) is 0 Å². The molecule has 0 spiro atoms. The second-order valence-corrected chi connectivity index (χ2v) is 8.11. The Hall–Kier alpha value is -2.61. The number of hydrogen-bond acceptors (Lipinski definition) is 5. The highest BCUT2D eigenvalue weighted by molar-refractivity contribution is 7.15. The standard InChI is InChI=1S/C20H16Cl2N4O2S/c1-10-4-5-12(11(2)8-10)15-9-29-20-24-19(25-26(15)20)23-18(27)16-13(21)6-7-14(22)17(16)28-3/h4-9H,1-3H3,(H,23,25,27). The number of hydrogen-bond donors (Lipinski definition) is 1. The lowest BCUT2D eigenvalue weighted by molar-refractivity contribution is 0.102. The van der Waals surface area contributed by atoms with Crippen LogP contribution in [-0.4, -0.2) is 27.6 Å². The number of carbonyl (C=O) groups is 1. The Morgan fingerprint density at radius 1 is 1.17 bits per heavy atom. The van der Waals surface area contributed by atoms with E-state index in [0.717, 1.165) is 16.8 Å². The van der Waals surface area contributed by atoms with Crippen molar-refractivity contribution in [3.05, 3.63) is 62.4 Å². The monoisotopic (exact) mass is 446 g/mol. The van der Waals surface area contributed by atoms with Gasteiger partial charge in [0, 0.05) is 10.9 Å². The van der Waals surface area contributed by atoms with Crippen molar-refractivity contribution in [2.45, 2.75) is 13.8 Å². The molecule has 2 aromatic heterocycles. The highest BCUT2D eigenvalue weighted by Gasteiger charge is 2.22. The quantitative estimate of drug-likeness (QED) is 0.440. The van der Waals surface area contributed by atoms with Gasteiger partial charge in [-0.05, 0) is 31.5 Å². The molecule has 0 aliphatic heterocycles. The van der Waals surface area contributed by atoms with Crippen molar-refractivity contribution in [3.63, 3.8) is 0 Å². The third-order valence-electron chi connectivity index (χ3n) is 4.45. The minimum absolute atomic E-state index is 0.134. The van der Waals surface area contributed by atoms with Gasteiger partial charge in [0.15, 0.2) is 5.75 Å². The van der Waals surface area contributed by atoms with Crippen LogP contribution in [0, 0.1) is 13.8 Å². The molecule has 0 aliphatic carbocycles. The number of halogens is 2. The lowest BCUT2D eigenvalue weighted by Crippen LogP contribution is -2.15. The van der Waals surface area contributed by atoms with E-state index in [0.29, 0.717) is 4.96 Å². The number of anilines is 1. The van der Waals surface area contributed by atoms with Crippen molar-refractivity contribution >= 4 is 51.4 Å². The third-order valence-corrected chi connectivity index (χ3v) is 5.88. The molecule has 9 heteroatoms. The van der Waals surface area contributed by atoms with Gasteiger partial charge >= 0.3 is 0 Å². The van der Waals surface area contributed by atoms with Crippen molar-refractivity contribution < 1.29 is 9.53 Å². The molecule has 0 fully saturated rings. The minimum Gasteiger partial charge on any atom is -0.494 e. The molecule has 1 amide bonds. The number of thiazole rings is 1. The van der Waals surface area contributed by atoms with Gasteiger partial charge in [0.05, 0.1) is 22.8 Å². The third kappa shape index (κ3) is 3.57. The topological polar surface area (TPSA) is 68.5 Å². The van der Waals surface area contributed by atoms with Crippen LogP contribution >= 0.6 is 34.5 Å². The zero-order valence-electron chi connectivity index (χ0n) is 15.8. The summed E-state index contributed by atoms with van der Waals surface area (Å²) in [4.78, 5) is 17.9. The van der Waals surface area contributed by atoms with Crippen molar-refractivity contribution in [2.24, 2.45) is 0 Å². The number of ether oxygens (including phenoxy) is 1. The van der Waals surface area contributed by atoms with E-state index in [4.69, 9.17) is 27.9 Å². The van der Waals surface area contributed by atoms with Gasteiger partial charge in [-0.15, -0.1) is 16.4 Å². The first kappa shape index (κ1) is 19.7. The molecule has 0 bridgehead atoms. The molecule has 4 aromatic rings. The van der Waals surface area contributed by atoms with Gasteiger partial charge in [0.1, 0.15) is 5.56 Å². The first-order valence-corrected chi connectivity index (χ1v) is 10.3. The van der Waals surface area contributed by atoms with E-state index < -0.39 is 5.91 Å². The van der Waals surface area contributed by atoms with Crippen molar-refractivity contribution in [1.82, 2.24) is 14.6 Å². The number of nitrogens with zero attached hydrogens (tertiary/aromatic N) is 3. The van der Waals surface area contributed by atoms with E-state index in [1.54, 1.807) is 16.6 Å². The van der Waals surface area contributed by atoms with E-state index >= 15 is 0 Å². The van der Waals surface area contributed by atoms with Gasteiger partial charge in [-0.25, -0.2) is 4.52 Å². The van der Waals surface area contributed by atoms with Crippen LogP contribution in [0.4, 0.5) is 5.95 Å². The van der Waals surface area contributed by atoms with Gasteiger partial charge in [-0.1, -0.05) is 47.0 Å². The Balaban J connectivity index is 1.70. The molecular weight excluding hydrogens is 431 g/mol. The average molecular weight is 447 g/mol. The maximum Gasteiger partial charge on any atom is 0.263 e. The smallest absolute Gasteiger partial charge is 0.263 e. The fourth-order valence-corrected chi connectivity index (χ4v) is 4.42. The SMILES string of the molecule is COc1c(Cl)ccc(Cl)c1C(=O)Nc1nc2scc(-c3ccc(C)cc3C)n2n1. The molecule has 0 radical (unpaired) electrons. The van der Waals surface area contributed by atoms with Crippen LogP contribution in [0.3, 0.4) is 0 Å². The fraction of sp³-hybridized carbons (Fsp3) is 0.150. The van der Waals surface area contributed by atoms with Gasteiger partial charge in [-0.2, -0.15) is 4.98 Å². The van der Waals surface area contributed by atoms with E-state index in [1.165, 1.54) is 24.0 Å². The summed E-state index contributed by atoms with van der Waals surface area (Å²) >= 11 is 13.7. The molecule has 0 atom stereocenters. The number of rotatable bonds is 4. The molecule has 29 heavy (non-hydrogen) atoms. The lowest BCUT2D eigenvalue weighted by Gasteiger charge is -2.11. The molecule has 0 unspecified atom stereocenters. The molecule has 6 nitrogen and oxygen atoms in total. The maximum atomic E-state index is 12.8. The average Bonchev–Trinajstić information content (AvgIpc) is 3.23. The highest BCUT2D eigenvalue weighted by atomic mass is 35.5. The molecule has 4 rings (SSSR count). The number of carbonyl (C=O) groups excluding carboxylic acids is 1. The Morgan fingerprint density at radius 3 is 2.66 bits per heavy atom. The maximum absolute atomic E-state index is 12.8. The highest BCUT2D eigenvalue weighted by Crippen LogP contribution is 2.34. The molecular formula is C20H16Cl2N4O2S. The Morgan fingerprint density at radius 2 is 1.93 bits per heavy atom. The summed E-state index contributed by atoms with van der Waals surface area (Å²) in [5, 5.41) is 9.64. The number of nitrogens with one attached hydrogen (secondary N) is 1. The molecule has 148 valence electrons. The number of aromatic nitrogens is 3. The summed E-state index contributed by atoms with van der Waals surface area (Å²) in [5.74, 6) is -0.125. The normalized spacial score (nSPS) is 11.1. The second kappa shape index (κ2) is 7.67. The summed E-state index contributed by atoms with van der Waals surface area (Å²) in [6.45, 7) is 4.11. The lowest BCUT2D eigenvalue weighted by atomic mass is 10.0. The van der Waals surface area contributed by atoms with Crippen LogP contribution in [0.5, 0.6) is 5.75 Å². The number of aryl methyl sites for hydroxylation is 2. The first-order chi connectivity index (χ1) is 13.9. The van der Waals surface area contributed by atoms with Crippen LogP contribution in [-0.2, 0) is 0 Å². The first-order valence-electron chi connectivity index (χ1n) is 8.64. The van der Waals surface area contributed by atoms with Crippen LogP contribution in [0.25, 0.3) is 16.2 Å². The molecule has 0 saturated heterocycles. The summed E-state index contributed by atoms with van der Waals surface area (Å²) in [7, 11) is 1.43. The van der Waals surface area contributed by atoms with Crippen LogP contribution in [0.15, 0.2) is 35.7 Å². The Labute approximate surface area is 181 Å². The van der Waals surface area contributed by atoms with Crippen LogP contribution < -0.4 is 10.1 Å². The van der Waals surface area contributed by atoms with Crippen LogP contribution in [0.1, 0.15) is 21.5 Å². The van der Waals surface area contributed by atoms with Crippen molar-refractivity contribution in [3.8, 4) is 17.0 Å². The minimum atomic E-state index is -0.499. The number of amides is 1. The van der Waals surface area contributed by atoms with Gasteiger partial charge < -0.3 is 4.74 Å². The van der Waals surface area contributed by atoms with E-state index in [2.05, 4.69) is 47.4 Å². The van der Waals surface area contributed by atoms with E-state index in [9.17, 15) is 4.79 Å². The van der Waals surface area contributed by atoms with Gasteiger partial charge in [-0.3, -0.25) is 10.1 Å². The summed E-state index contributed by atoms with van der Waals surface area (Å²) < 4.78 is 6.96. The molecule has 2 aromatic carbocycles. The van der Waals surface area contributed by atoms with Crippen molar-refractivity contribution in [2.75, 3.05) is 12.4 Å². The fourth-order valence-electron chi connectivity index (χ4n) is 3.13. The molecule has 0 saturated carbocycles. The van der Waals surface area contributed by atoms with Gasteiger partial charge in [0.2, 0.25) is 4.96 Å². The molecule has 1 N–H and O–H groups in total. The largest absolute Gasteiger partial charge is 0.494 e. The zero-order valence-corrected chi connectivity index (χ0v) is 18.1. The molecule has 2 heterocycles. The van der Waals surface area contributed by atoms with E-state index in [1.807, 2.05) is 5.38 Å². The number of benzene rings is 2. The number of fused-ring (bicyclic) bond motifs is 1. The summed E-state index contributed by atoms with van der Waals surface area (Å²) in [6, 6.07) is 9.34. The number of methoxy groups -OCH3 is 1. The summed E-state index contributed by atoms with van der Waals surface area (Å²) in [6.07, 6.45) is 0. The molecule has 0 aliphatic rings. The van der Waals surface area contributed by atoms with Gasteiger partial charge in [0.25, 0.3) is 11.9 Å². The van der Waals surface area contributed by atoms with Crippen LogP contribution in [0.2, 0.25) is 10.0 Å². The van der Waals surface area contributed by atoms with E-state index in [-0.39, 0.29) is 27.3 Å². The Kier molecular flexibility index (Phi) is 5.21. The Bertz CT molecular complexity index is 1250. The second-order valence-electron chi connectivity index (χ2n) is 6.46. The summed E-state index contributed by atoms with van der Waals surface area (Å²) in [5.41, 5.74) is 4.44. The predicted molar refractivity (Wildman–Crippen MR) is 117 cm³/mol.